The zero-order chi connectivity index (χ0) is 21.8. The van der Waals surface area contributed by atoms with Crippen LogP contribution in [0.15, 0.2) is 48.5 Å². The third-order valence-electron chi connectivity index (χ3n) is 6.27. The number of hydrogen-bond donors (Lipinski definition) is 4. The topological polar surface area (TPSA) is 127 Å². The molecule has 7 nitrogen and oxygen atoms in total. The Morgan fingerprint density at radius 1 is 1.10 bits per heavy atom. The van der Waals surface area contributed by atoms with E-state index in [0.717, 1.165) is 36.8 Å². The number of imidazole rings is 1. The summed E-state index contributed by atoms with van der Waals surface area (Å²) in [6, 6.07) is 14.9. The van der Waals surface area contributed by atoms with Crippen LogP contribution in [0.1, 0.15) is 53.5 Å². The molecule has 1 atom stereocenters. The van der Waals surface area contributed by atoms with Crippen molar-refractivity contribution in [3.05, 3.63) is 65.5 Å². The van der Waals surface area contributed by atoms with Crippen molar-refractivity contribution in [1.82, 2.24) is 15.3 Å². The Hall–Kier alpha value is -3.19. The molecule has 3 aromatic rings. The number of fused-ring (bicyclic) bond motifs is 1. The van der Waals surface area contributed by atoms with Crippen LogP contribution in [-0.4, -0.2) is 28.3 Å². The van der Waals surface area contributed by atoms with Gasteiger partial charge in [-0.25, -0.2) is 4.98 Å². The number of nitrogens with two attached hydrogens (primary N) is 2. The molecule has 0 radical (unpaired) electrons. The summed E-state index contributed by atoms with van der Waals surface area (Å²) in [7, 11) is 0. The second kappa shape index (κ2) is 9.31. The third kappa shape index (κ3) is 4.94. The molecule has 0 bridgehead atoms. The first-order valence-corrected chi connectivity index (χ1v) is 10.9. The number of benzene rings is 2. The van der Waals surface area contributed by atoms with Crippen LogP contribution in [0.3, 0.4) is 0 Å². The third-order valence-corrected chi connectivity index (χ3v) is 6.27. The standard InChI is InChI=1S/C24H29N5O2/c25-14-16-6-8-17(9-7-16)24(31)29-21(12-15-4-2-1-3-5-15)23-27-19-11-10-18(22(26)30)13-20(19)28-23/h1-5,10-11,13,16-17,21H,6-9,12,14,25H2,(H2,26,30)(H,27,28)(H,29,31)/t16-,17-,21-/m0/s1. The van der Waals surface area contributed by atoms with E-state index in [4.69, 9.17) is 11.5 Å². The van der Waals surface area contributed by atoms with Gasteiger partial charge < -0.3 is 21.8 Å². The number of hydrogen-bond acceptors (Lipinski definition) is 4. The molecule has 4 rings (SSSR count). The van der Waals surface area contributed by atoms with Gasteiger partial charge in [0.25, 0.3) is 0 Å². The maximum absolute atomic E-state index is 13.1. The van der Waals surface area contributed by atoms with E-state index < -0.39 is 5.91 Å². The van der Waals surface area contributed by atoms with Crippen LogP contribution in [0.5, 0.6) is 0 Å². The van der Waals surface area contributed by atoms with E-state index in [-0.39, 0.29) is 17.9 Å². The zero-order valence-electron chi connectivity index (χ0n) is 17.5. The van der Waals surface area contributed by atoms with Gasteiger partial charge in [-0.1, -0.05) is 30.3 Å². The van der Waals surface area contributed by atoms with Crippen molar-refractivity contribution in [1.29, 1.82) is 0 Å². The number of carbonyl (C=O) groups is 2. The number of rotatable bonds is 7. The fourth-order valence-corrected chi connectivity index (χ4v) is 4.36. The van der Waals surface area contributed by atoms with Gasteiger partial charge in [0.15, 0.2) is 0 Å². The molecule has 1 aliphatic rings. The highest BCUT2D eigenvalue weighted by Gasteiger charge is 2.28. The van der Waals surface area contributed by atoms with Crippen molar-refractivity contribution in [2.45, 2.75) is 38.1 Å². The minimum absolute atomic E-state index is 0.00640. The minimum Gasteiger partial charge on any atom is -0.366 e. The number of H-pyrrole nitrogens is 1. The molecule has 1 saturated carbocycles. The fourth-order valence-electron chi connectivity index (χ4n) is 4.36. The second-order valence-electron chi connectivity index (χ2n) is 8.42. The van der Waals surface area contributed by atoms with Gasteiger partial charge in [0, 0.05) is 11.5 Å². The van der Waals surface area contributed by atoms with E-state index in [1.807, 2.05) is 30.3 Å². The van der Waals surface area contributed by atoms with Crippen molar-refractivity contribution in [2.24, 2.45) is 23.3 Å². The van der Waals surface area contributed by atoms with Gasteiger partial charge >= 0.3 is 0 Å². The van der Waals surface area contributed by atoms with Crippen molar-refractivity contribution in [3.63, 3.8) is 0 Å². The lowest BCUT2D eigenvalue weighted by Crippen LogP contribution is -2.37. The van der Waals surface area contributed by atoms with Crippen molar-refractivity contribution < 1.29 is 9.59 Å². The first kappa shape index (κ1) is 21.1. The molecule has 0 unspecified atom stereocenters. The van der Waals surface area contributed by atoms with Gasteiger partial charge in [-0.2, -0.15) is 0 Å². The van der Waals surface area contributed by atoms with E-state index in [0.29, 0.717) is 35.8 Å². The van der Waals surface area contributed by atoms with E-state index in [1.165, 1.54) is 0 Å². The van der Waals surface area contributed by atoms with E-state index in [2.05, 4.69) is 15.3 Å². The van der Waals surface area contributed by atoms with Gasteiger partial charge in [-0.15, -0.1) is 0 Å². The Balaban J connectivity index is 1.57. The molecule has 1 fully saturated rings. The summed E-state index contributed by atoms with van der Waals surface area (Å²) in [6.07, 6.45) is 4.35. The van der Waals surface area contributed by atoms with Crippen molar-refractivity contribution >= 4 is 22.8 Å². The molecule has 2 aromatic carbocycles. The lowest BCUT2D eigenvalue weighted by Gasteiger charge is -2.28. The van der Waals surface area contributed by atoms with Crippen LogP contribution >= 0.6 is 0 Å². The molecule has 31 heavy (non-hydrogen) atoms. The van der Waals surface area contributed by atoms with Crippen LogP contribution in [0.2, 0.25) is 0 Å². The molecule has 1 aromatic heterocycles. The minimum atomic E-state index is -0.492. The molecule has 0 spiro atoms. The largest absolute Gasteiger partial charge is 0.366 e. The lowest BCUT2D eigenvalue weighted by molar-refractivity contribution is -0.127. The Morgan fingerprint density at radius 2 is 1.84 bits per heavy atom. The molecular formula is C24H29N5O2. The molecule has 1 heterocycles. The Kier molecular flexibility index (Phi) is 6.32. The fraction of sp³-hybridized carbons (Fsp3) is 0.375. The average molecular weight is 420 g/mol. The SMILES string of the molecule is NC[C@H]1CC[C@H](C(=O)N[C@@H](Cc2ccccc2)c2nc3cc(C(N)=O)ccc3[nH]2)CC1. The number of carbonyl (C=O) groups excluding carboxylic acids is 2. The van der Waals surface area contributed by atoms with Crippen molar-refractivity contribution in [3.8, 4) is 0 Å². The van der Waals surface area contributed by atoms with E-state index in [1.54, 1.807) is 18.2 Å². The van der Waals surface area contributed by atoms with Crippen LogP contribution < -0.4 is 16.8 Å². The molecule has 7 heteroatoms. The lowest BCUT2D eigenvalue weighted by atomic mass is 9.81. The van der Waals surface area contributed by atoms with E-state index >= 15 is 0 Å². The second-order valence-corrected chi connectivity index (χ2v) is 8.42. The van der Waals surface area contributed by atoms with Crippen LogP contribution in [0, 0.1) is 11.8 Å². The molecule has 162 valence electrons. The summed E-state index contributed by atoms with van der Waals surface area (Å²) >= 11 is 0. The van der Waals surface area contributed by atoms with Gasteiger partial charge in [-0.05, 0) is 68.3 Å². The molecule has 2 amide bonds. The Bertz CT molecular complexity index is 1050. The van der Waals surface area contributed by atoms with Crippen LogP contribution in [0.4, 0.5) is 0 Å². The number of amides is 2. The van der Waals surface area contributed by atoms with Gasteiger partial charge in [-0.3, -0.25) is 9.59 Å². The summed E-state index contributed by atoms with van der Waals surface area (Å²) in [5.74, 6) is 0.777. The van der Waals surface area contributed by atoms with Gasteiger partial charge in [0.2, 0.25) is 11.8 Å². The van der Waals surface area contributed by atoms with Gasteiger partial charge in [0.1, 0.15) is 5.82 Å². The van der Waals surface area contributed by atoms with Gasteiger partial charge in [0.05, 0.1) is 17.1 Å². The van der Waals surface area contributed by atoms with Crippen molar-refractivity contribution in [2.75, 3.05) is 6.54 Å². The predicted octanol–water partition coefficient (Wildman–Crippen LogP) is 2.83. The summed E-state index contributed by atoms with van der Waals surface area (Å²) in [6.45, 7) is 0.692. The molecule has 6 N–H and O–H groups in total. The number of nitrogens with one attached hydrogen (secondary N) is 2. The average Bonchev–Trinajstić information content (AvgIpc) is 3.22. The molecule has 0 saturated heterocycles. The Labute approximate surface area is 181 Å². The maximum atomic E-state index is 13.1. The molecular weight excluding hydrogens is 390 g/mol. The van der Waals surface area contributed by atoms with Crippen LogP contribution in [0.25, 0.3) is 11.0 Å². The summed E-state index contributed by atoms with van der Waals surface area (Å²) in [5.41, 5.74) is 14.2. The number of aromatic nitrogens is 2. The first-order valence-electron chi connectivity index (χ1n) is 10.9. The van der Waals surface area contributed by atoms with E-state index in [9.17, 15) is 9.59 Å². The Morgan fingerprint density at radius 3 is 2.52 bits per heavy atom. The normalized spacial score (nSPS) is 19.8. The summed E-state index contributed by atoms with van der Waals surface area (Å²) in [5, 5.41) is 3.23. The molecule has 0 aliphatic heterocycles. The summed E-state index contributed by atoms with van der Waals surface area (Å²) < 4.78 is 0. The predicted molar refractivity (Wildman–Crippen MR) is 120 cm³/mol. The number of primary amides is 1. The summed E-state index contributed by atoms with van der Waals surface area (Å²) in [4.78, 5) is 32.6. The highest BCUT2D eigenvalue weighted by atomic mass is 16.2. The number of nitrogens with zero attached hydrogens (tertiary/aromatic N) is 1. The smallest absolute Gasteiger partial charge is 0.248 e. The molecule has 1 aliphatic carbocycles. The first-order chi connectivity index (χ1) is 15.0. The zero-order valence-corrected chi connectivity index (χ0v) is 17.5. The quantitative estimate of drug-likeness (QED) is 0.469. The monoisotopic (exact) mass is 419 g/mol. The number of aromatic amines is 1. The highest BCUT2D eigenvalue weighted by molar-refractivity contribution is 5.96. The van der Waals surface area contributed by atoms with Crippen LogP contribution in [-0.2, 0) is 11.2 Å². The highest BCUT2D eigenvalue weighted by Crippen LogP contribution is 2.29. The maximum Gasteiger partial charge on any atom is 0.248 e.